The lowest BCUT2D eigenvalue weighted by atomic mass is 10.3. The number of carbonyl (C=O) groups is 1. The van der Waals surface area contributed by atoms with Gasteiger partial charge in [0.15, 0.2) is 6.23 Å². The molecular weight excluding hydrogens is 178 g/mol. The molecule has 0 aromatic rings. The zero-order chi connectivity index (χ0) is 11.0. The highest BCUT2D eigenvalue weighted by Crippen LogP contribution is 2.02. The molecule has 0 rings (SSSR count). The van der Waals surface area contributed by atoms with E-state index in [1.54, 1.807) is 6.92 Å². The monoisotopic (exact) mass is 199 g/mol. The molecule has 0 aliphatic heterocycles. The lowest BCUT2D eigenvalue weighted by Crippen LogP contribution is -2.34. The first kappa shape index (κ1) is 13.2. The van der Waals surface area contributed by atoms with E-state index in [1.807, 2.05) is 0 Å². The SMILES string of the molecule is C=C(C)C(=O)OC(CCC)NCCC. The normalized spacial score (nSPS) is 12.2. The number of ether oxygens (including phenoxy) is 1. The van der Waals surface area contributed by atoms with E-state index in [9.17, 15) is 4.79 Å². The first-order valence-electron chi connectivity index (χ1n) is 5.21. The lowest BCUT2D eigenvalue weighted by Gasteiger charge is -2.18. The predicted octanol–water partition coefficient (Wildman–Crippen LogP) is 2.23. The van der Waals surface area contributed by atoms with Crippen molar-refractivity contribution in [2.75, 3.05) is 6.54 Å². The maximum absolute atomic E-state index is 11.2. The van der Waals surface area contributed by atoms with Crippen molar-refractivity contribution in [3.05, 3.63) is 12.2 Å². The van der Waals surface area contributed by atoms with Crippen LogP contribution in [-0.4, -0.2) is 18.7 Å². The molecule has 0 aromatic carbocycles. The van der Waals surface area contributed by atoms with E-state index in [0.29, 0.717) is 5.57 Å². The Labute approximate surface area is 86.5 Å². The third-order valence-corrected chi connectivity index (χ3v) is 1.77. The van der Waals surface area contributed by atoms with Crippen molar-refractivity contribution in [2.24, 2.45) is 0 Å². The van der Waals surface area contributed by atoms with Crippen LogP contribution in [0.25, 0.3) is 0 Å². The predicted molar refractivity (Wildman–Crippen MR) is 57.9 cm³/mol. The van der Waals surface area contributed by atoms with Gasteiger partial charge in [-0.15, -0.1) is 0 Å². The molecule has 1 atom stereocenters. The Bertz CT molecular complexity index is 190. The lowest BCUT2D eigenvalue weighted by molar-refractivity contribution is -0.146. The summed E-state index contributed by atoms with van der Waals surface area (Å²) >= 11 is 0. The summed E-state index contributed by atoms with van der Waals surface area (Å²) in [6, 6.07) is 0. The van der Waals surface area contributed by atoms with Gasteiger partial charge in [-0.2, -0.15) is 0 Å². The summed E-state index contributed by atoms with van der Waals surface area (Å²) in [4.78, 5) is 11.2. The highest BCUT2D eigenvalue weighted by molar-refractivity contribution is 5.87. The average molecular weight is 199 g/mol. The topological polar surface area (TPSA) is 38.3 Å². The fourth-order valence-corrected chi connectivity index (χ4v) is 1.000. The molecule has 0 aliphatic carbocycles. The van der Waals surface area contributed by atoms with Crippen LogP contribution in [0.4, 0.5) is 0 Å². The minimum atomic E-state index is -0.313. The van der Waals surface area contributed by atoms with Gasteiger partial charge in [0.05, 0.1) is 0 Å². The molecule has 0 fully saturated rings. The molecule has 14 heavy (non-hydrogen) atoms. The third kappa shape index (κ3) is 5.75. The molecule has 0 heterocycles. The molecule has 3 heteroatoms. The van der Waals surface area contributed by atoms with Crippen molar-refractivity contribution in [2.45, 2.75) is 46.3 Å². The standard InChI is InChI=1S/C11H21NO2/c1-5-7-10(12-8-6-2)14-11(13)9(3)4/h10,12H,3,5-8H2,1-2,4H3. The van der Waals surface area contributed by atoms with E-state index in [-0.39, 0.29) is 12.2 Å². The average Bonchev–Trinajstić information content (AvgIpc) is 2.14. The quantitative estimate of drug-likeness (QED) is 0.388. The second-order valence-corrected chi connectivity index (χ2v) is 3.42. The van der Waals surface area contributed by atoms with Crippen LogP contribution in [0.3, 0.4) is 0 Å². The molecule has 0 aromatic heterocycles. The van der Waals surface area contributed by atoms with Crippen LogP contribution in [0.15, 0.2) is 12.2 Å². The maximum Gasteiger partial charge on any atom is 0.334 e. The minimum Gasteiger partial charge on any atom is -0.443 e. The van der Waals surface area contributed by atoms with E-state index in [1.165, 1.54) is 0 Å². The molecule has 0 saturated carbocycles. The summed E-state index contributed by atoms with van der Waals surface area (Å²) in [5, 5.41) is 3.17. The maximum atomic E-state index is 11.2. The summed E-state index contributed by atoms with van der Waals surface area (Å²) in [5.74, 6) is -0.313. The van der Waals surface area contributed by atoms with Gasteiger partial charge in [0.2, 0.25) is 0 Å². The van der Waals surface area contributed by atoms with Gasteiger partial charge in [-0.1, -0.05) is 26.8 Å². The highest BCUT2D eigenvalue weighted by Gasteiger charge is 2.12. The molecule has 0 radical (unpaired) electrons. The van der Waals surface area contributed by atoms with Crippen LogP contribution in [0.5, 0.6) is 0 Å². The van der Waals surface area contributed by atoms with Gasteiger partial charge in [0, 0.05) is 5.57 Å². The van der Waals surface area contributed by atoms with Crippen LogP contribution in [0.1, 0.15) is 40.0 Å². The number of esters is 1. The van der Waals surface area contributed by atoms with E-state index in [4.69, 9.17) is 4.74 Å². The van der Waals surface area contributed by atoms with Gasteiger partial charge in [0.1, 0.15) is 0 Å². The van der Waals surface area contributed by atoms with Gasteiger partial charge < -0.3 is 4.74 Å². The molecule has 0 saturated heterocycles. The Morgan fingerprint density at radius 1 is 1.43 bits per heavy atom. The molecular formula is C11H21NO2. The number of hydrogen-bond donors (Lipinski definition) is 1. The zero-order valence-corrected chi connectivity index (χ0v) is 9.43. The molecule has 3 nitrogen and oxygen atoms in total. The Morgan fingerprint density at radius 2 is 2.07 bits per heavy atom. The third-order valence-electron chi connectivity index (χ3n) is 1.77. The Morgan fingerprint density at radius 3 is 2.50 bits per heavy atom. The van der Waals surface area contributed by atoms with E-state index in [0.717, 1.165) is 25.8 Å². The van der Waals surface area contributed by atoms with E-state index >= 15 is 0 Å². The summed E-state index contributed by atoms with van der Waals surface area (Å²) in [6.07, 6.45) is 2.71. The van der Waals surface area contributed by atoms with Crippen LogP contribution in [0, 0.1) is 0 Å². The minimum absolute atomic E-state index is 0.163. The summed E-state index contributed by atoms with van der Waals surface area (Å²) < 4.78 is 5.20. The smallest absolute Gasteiger partial charge is 0.334 e. The van der Waals surface area contributed by atoms with Crippen molar-refractivity contribution >= 4 is 5.97 Å². The largest absolute Gasteiger partial charge is 0.443 e. The Kier molecular flexibility index (Phi) is 7.11. The summed E-state index contributed by atoms with van der Waals surface area (Å²) in [5.41, 5.74) is 0.449. The second kappa shape index (κ2) is 7.56. The number of carbonyl (C=O) groups excluding carboxylic acids is 1. The fraction of sp³-hybridized carbons (Fsp3) is 0.727. The fourth-order valence-electron chi connectivity index (χ4n) is 1.000. The molecule has 1 unspecified atom stereocenters. The zero-order valence-electron chi connectivity index (χ0n) is 9.43. The Hall–Kier alpha value is -0.830. The van der Waals surface area contributed by atoms with Crippen LogP contribution in [0.2, 0.25) is 0 Å². The highest BCUT2D eigenvalue weighted by atomic mass is 16.6. The first-order valence-corrected chi connectivity index (χ1v) is 5.21. The van der Waals surface area contributed by atoms with Crippen LogP contribution < -0.4 is 5.32 Å². The van der Waals surface area contributed by atoms with Gasteiger partial charge in [-0.05, 0) is 26.3 Å². The van der Waals surface area contributed by atoms with E-state index < -0.39 is 0 Å². The number of nitrogens with one attached hydrogen (secondary N) is 1. The van der Waals surface area contributed by atoms with Gasteiger partial charge in [-0.3, -0.25) is 5.32 Å². The number of hydrogen-bond acceptors (Lipinski definition) is 3. The van der Waals surface area contributed by atoms with Gasteiger partial charge >= 0.3 is 5.97 Å². The molecule has 0 spiro atoms. The van der Waals surface area contributed by atoms with Crippen LogP contribution in [-0.2, 0) is 9.53 Å². The Balaban J connectivity index is 3.94. The van der Waals surface area contributed by atoms with E-state index in [2.05, 4.69) is 25.7 Å². The summed E-state index contributed by atoms with van der Waals surface area (Å²) in [6.45, 7) is 10.2. The molecule has 0 bridgehead atoms. The second-order valence-electron chi connectivity index (χ2n) is 3.42. The van der Waals surface area contributed by atoms with Gasteiger partial charge in [-0.25, -0.2) is 4.79 Å². The molecule has 1 N–H and O–H groups in total. The molecule has 0 amide bonds. The molecule has 82 valence electrons. The van der Waals surface area contributed by atoms with Crippen molar-refractivity contribution in [3.63, 3.8) is 0 Å². The van der Waals surface area contributed by atoms with Crippen molar-refractivity contribution < 1.29 is 9.53 Å². The van der Waals surface area contributed by atoms with Gasteiger partial charge in [0.25, 0.3) is 0 Å². The molecule has 0 aliphatic rings. The van der Waals surface area contributed by atoms with Crippen molar-refractivity contribution in [1.29, 1.82) is 0 Å². The summed E-state index contributed by atoms with van der Waals surface area (Å²) in [7, 11) is 0. The first-order chi connectivity index (χ1) is 6.61. The van der Waals surface area contributed by atoms with Crippen LogP contribution >= 0.6 is 0 Å². The van der Waals surface area contributed by atoms with Crippen molar-refractivity contribution in [1.82, 2.24) is 5.32 Å². The number of rotatable bonds is 7. The van der Waals surface area contributed by atoms with Crippen molar-refractivity contribution in [3.8, 4) is 0 Å².